The van der Waals surface area contributed by atoms with Gasteiger partial charge in [0.15, 0.2) is 0 Å². The second kappa shape index (κ2) is 7.89. The fraction of sp³-hybridized carbons (Fsp3) is 0.143. The minimum absolute atomic E-state index is 0.0830. The number of aryl methyl sites for hydroxylation is 2. The molecule has 0 atom stereocenters. The molecule has 0 saturated heterocycles. The molecule has 4 aromatic rings. The van der Waals surface area contributed by atoms with Crippen molar-refractivity contribution in [3.8, 4) is 23.0 Å². The van der Waals surface area contributed by atoms with Crippen LogP contribution < -0.4 is 5.32 Å². The van der Waals surface area contributed by atoms with Gasteiger partial charge in [-0.2, -0.15) is 4.98 Å². The number of anilines is 1. The van der Waals surface area contributed by atoms with Gasteiger partial charge in [-0.05, 0) is 43.2 Å². The van der Waals surface area contributed by atoms with Crippen molar-refractivity contribution in [3.63, 3.8) is 0 Å². The molecule has 0 aliphatic carbocycles. The Morgan fingerprint density at radius 1 is 1.21 bits per heavy atom. The highest BCUT2D eigenvalue weighted by Crippen LogP contribution is 2.24. The smallest absolute Gasteiger partial charge is 0.258 e. The number of carbonyl (C=O) groups is 1. The summed E-state index contributed by atoms with van der Waals surface area (Å²) in [5.41, 5.74) is 4.04. The van der Waals surface area contributed by atoms with Gasteiger partial charge in [0.2, 0.25) is 11.7 Å². The number of aromatic nitrogens is 4. The Hall–Kier alpha value is -3.45. The molecule has 0 aliphatic rings. The van der Waals surface area contributed by atoms with E-state index in [0.29, 0.717) is 28.1 Å². The molecule has 0 bridgehead atoms. The summed E-state index contributed by atoms with van der Waals surface area (Å²) in [6.45, 7) is 4.00. The van der Waals surface area contributed by atoms with Crippen LogP contribution in [0.2, 0.25) is 5.02 Å². The number of nitrogens with zero attached hydrogens (tertiary/aromatic N) is 4. The summed E-state index contributed by atoms with van der Waals surface area (Å²) in [7, 11) is 0. The average molecular weight is 408 g/mol. The van der Waals surface area contributed by atoms with Crippen molar-refractivity contribution in [2.75, 3.05) is 5.32 Å². The summed E-state index contributed by atoms with van der Waals surface area (Å²) < 4.78 is 7.02. The largest absolute Gasteiger partial charge is 0.334 e. The van der Waals surface area contributed by atoms with Crippen LogP contribution in [0.15, 0.2) is 59.5 Å². The number of carbonyl (C=O) groups excluding carboxylic acids is 1. The fourth-order valence-electron chi connectivity index (χ4n) is 2.89. The molecule has 146 valence electrons. The van der Waals surface area contributed by atoms with Crippen LogP contribution in [0.4, 0.5) is 5.69 Å². The maximum absolute atomic E-state index is 12.3. The van der Waals surface area contributed by atoms with E-state index < -0.39 is 0 Å². The number of nitrogens with one attached hydrogen (secondary N) is 1. The molecular formula is C21H18ClN5O2. The van der Waals surface area contributed by atoms with Crippen molar-refractivity contribution in [3.05, 3.63) is 71.1 Å². The van der Waals surface area contributed by atoms with Crippen molar-refractivity contribution in [1.82, 2.24) is 19.7 Å². The van der Waals surface area contributed by atoms with E-state index in [1.807, 2.05) is 44.2 Å². The highest BCUT2D eigenvalue weighted by molar-refractivity contribution is 6.33. The van der Waals surface area contributed by atoms with Crippen LogP contribution in [-0.4, -0.2) is 25.6 Å². The van der Waals surface area contributed by atoms with Crippen molar-refractivity contribution < 1.29 is 9.32 Å². The highest BCUT2D eigenvalue weighted by atomic mass is 35.5. The first kappa shape index (κ1) is 18.9. The van der Waals surface area contributed by atoms with E-state index >= 15 is 0 Å². The molecule has 0 aliphatic heterocycles. The van der Waals surface area contributed by atoms with E-state index in [0.717, 1.165) is 16.7 Å². The van der Waals surface area contributed by atoms with Crippen molar-refractivity contribution in [2.24, 2.45) is 0 Å². The Balaban J connectivity index is 1.46. The Labute approximate surface area is 172 Å². The SMILES string of the molecule is Cc1ccc(NC(=O)Cn2cnc(-c3noc(-c4ccccc4C)n3)c2)c(Cl)c1. The van der Waals surface area contributed by atoms with Crippen LogP contribution in [0.25, 0.3) is 23.0 Å². The number of hydrogen-bond acceptors (Lipinski definition) is 5. The van der Waals surface area contributed by atoms with Crippen LogP contribution in [-0.2, 0) is 11.3 Å². The van der Waals surface area contributed by atoms with E-state index in [9.17, 15) is 4.79 Å². The van der Waals surface area contributed by atoms with Crippen LogP contribution >= 0.6 is 11.6 Å². The quantitative estimate of drug-likeness (QED) is 0.526. The number of hydrogen-bond donors (Lipinski definition) is 1. The maximum Gasteiger partial charge on any atom is 0.258 e. The Kier molecular flexibility index (Phi) is 5.14. The predicted octanol–water partition coefficient (Wildman–Crippen LogP) is 4.51. The molecule has 2 aromatic heterocycles. The second-order valence-electron chi connectivity index (χ2n) is 6.70. The standard InChI is InChI=1S/C21H18ClN5O2/c1-13-7-8-17(16(22)9-13)24-19(28)11-27-10-18(23-12-27)20-25-21(29-26-20)15-6-4-3-5-14(15)2/h3-10,12H,11H2,1-2H3,(H,24,28). The summed E-state index contributed by atoms with van der Waals surface area (Å²) in [5, 5.41) is 7.30. The molecule has 29 heavy (non-hydrogen) atoms. The van der Waals surface area contributed by atoms with E-state index in [-0.39, 0.29) is 12.5 Å². The molecular weight excluding hydrogens is 390 g/mol. The van der Waals surface area contributed by atoms with Gasteiger partial charge in [0.05, 0.1) is 17.0 Å². The molecule has 2 heterocycles. The lowest BCUT2D eigenvalue weighted by Crippen LogP contribution is -2.18. The summed E-state index contributed by atoms with van der Waals surface area (Å²) in [6, 6.07) is 13.2. The minimum Gasteiger partial charge on any atom is -0.334 e. The molecule has 0 saturated carbocycles. The normalized spacial score (nSPS) is 10.9. The molecule has 0 spiro atoms. The number of amides is 1. The molecule has 0 fully saturated rings. The molecule has 4 rings (SSSR count). The fourth-order valence-corrected chi connectivity index (χ4v) is 3.17. The van der Waals surface area contributed by atoms with Crippen molar-refractivity contribution in [1.29, 1.82) is 0 Å². The third-order valence-electron chi connectivity index (χ3n) is 4.39. The first-order valence-electron chi connectivity index (χ1n) is 8.97. The topological polar surface area (TPSA) is 85.8 Å². The maximum atomic E-state index is 12.3. The molecule has 2 aromatic carbocycles. The molecule has 1 N–H and O–H groups in total. The van der Waals surface area contributed by atoms with Gasteiger partial charge >= 0.3 is 0 Å². The molecule has 1 amide bonds. The Morgan fingerprint density at radius 3 is 2.83 bits per heavy atom. The van der Waals surface area contributed by atoms with Crippen LogP contribution in [0, 0.1) is 13.8 Å². The third-order valence-corrected chi connectivity index (χ3v) is 4.70. The monoisotopic (exact) mass is 407 g/mol. The summed E-state index contributed by atoms with van der Waals surface area (Å²) in [5.74, 6) is 0.580. The first-order chi connectivity index (χ1) is 14.0. The van der Waals surface area contributed by atoms with Gasteiger partial charge < -0.3 is 14.4 Å². The van der Waals surface area contributed by atoms with Crippen molar-refractivity contribution >= 4 is 23.2 Å². The van der Waals surface area contributed by atoms with Crippen LogP contribution in [0.1, 0.15) is 11.1 Å². The van der Waals surface area contributed by atoms with E-state index in [4.69, 9.17) is 16.1 Å². The predicted molar refractivity (Wildman–Crippen MR) is 111 cm³/mol. The lowest BCUT2D eigenvalue weighted by molar-refractivity contribution is -0.116. The van der Waals surface area contributed by atoms with Gasteiger partial charge in [-0.3, -0.25) is 4.79 Å². The third kappa shape index (κ3) is 4.20. The second-order valence-corrected chi connectivity index (χ2v) is 7.11. The number of halogens is 1. The summed E-state index contributed by atoms with van der Waals surface area (Å²) in [4.78, 5) is 21.0. The summed E-state index contributed by atoms with van der Waals surface area (Å²) in [6.07, 6.45) is 3.25. The average Bonchev–Trinajstić information content (AvgIpc) is 3.34. The Bertz CT molecular complexity index is 1180. The van der Waals surface area contributed by atoms with Gasteiger partial charge in [-0.25, -0.2) is 4.98 Å². The molecule has 7 nitrogen and oxygen atoms in total. The van der Waals surface area contributed by atoms with Gasteiger partial charge in [0, 0.05) is 11.8 Å². The van der Waals surface area contributed by atoms with E-state index in [2.05, 4.69) is 20.4 Å². The van der Waals surface area contributed by atoms with E-state index in [1.54, 1.807) is 29.2 Å². The van der Waals surface area contributed by atoms with Gasteiger partial charge in [0.25, 0.3) is 5.89 Å². The van der Waals surface area contributed by atoms with Gasteiger partial charge in [-0.15, -0.1) is 0 Å². The molecule has 0 radical (unpaired) electrons. The zero-order valence-electron chi connectivity index (χ0n) is 15.9. The van der Waals surface area contributed by atoms with Gasteiger partial charge in [0.1, 0.15) is 12.2 Å². The molecule has 0 unspecified atom stereocenters. The number of rotatable bonds is 5. The van der Waals surface area contributed by atoms with Crippen LogP contribution in [0.5, 0.6) is 0 Å². The van der Waals surface area contributed by atoms with Gasteiger partial charge in [-0.1, -0.05) is 41.0 Å². The summed E-state index contributed by atoms with van der Waals surface area (Å²) >= 11 is 6.16. The zero-order valence-corrected chi connectivity index (χ0v) is 16.6. The molecule has 8 heteroatoms. The van der Waals surface area contributed by atoms with E-state index in [1.165, 1.54) is 0 Å². The van der Waals surface area contributed by atoms with Crippen molar-refractivity contribution in [2.45, 2.75) is 20.4 Å². The minimum atomic E-state index is -0.214. The number of benzene rings is 2. The Morgan fingerprint density at radius 2 is 2.03 bits per heavy atom. The lowest BCUT2D eigenvalue weighted by atomic mass is 10.1. The highest BCUT2D eigenvalue weighted by Gasteiger charge is 2.15. The number of imidazole rings is 1. The first-order valence-corrected chi connectivity index (χ1v) is 9.35. The van der Waals surface area contributed by atoms with Crippen LogP contribution in [0.3, 0.4) is 0 Å². The lowest BCUT2D eigenvalue weighted by Gasteiger charge is -2.08. The zero-order chi connectivity index (χ0) is 20.4.